The van der Waals surface area contributed by atoms with E-state index in [1.165, 1.54) is 6.42 Å². The lowest BCUT2D eigenvalue weighted by Crippen LogP contribution is -2.39. The maximum Gasteiger partial charge on any atom is 0.223 e. The van der Waals surface area contributed by atoms with Crippen molar-refractivity contribution < 1.29 is 9.59 Å². The molecular weight excluding hydrogens is 274 g/mol. The molecule has 0 spiro atoms. The van der Waals surface area contributed by atoms with E-state index in [2.05, 4.69) is 17.5 Å². The zero-order valence-corrected chi connectivity index (χ0v) is 14.0. The number of Topliss-reactive ketones (excluding diaryl/α,β-unsaturated/α-hetero) is 1. The molecule has 1 atom stereocenters. The number of carbonyl (C=O) groups is 2. The molecule has 3 heteroatoms. The maximum absolute atomic E-state index is 12.5. The number of hydrogen-bond donors (Lipinski definition) is 1. The van der Waals surface area contributed by atoms with Crippen LogP contribution in [0.3, 0.4) is 0 Å². The van der Waals surface area contributed by atoms with Crippen LogP contribution in [0, 0.1) is 11.8 Å². The normalized spacial score (nSPS) is 32.0. The number of ketones is 1. The van der Waals surface area contributed by atoms with Gasteiger partial charge in [0.2, 0.25) is 5.91 Å². The lowest BCUT2D eigenvalue weighted by molar-refractivity contribution is -0.126. The summed E-state index contributed by atoms with van der Waals surface area (Å²) in [5.41, 5.74) is 0. The number of nitrogens with one attached hydrogen (secondary N) is 1. The van der Waals surface area contributed by atoms with Crippen LogP contribution >= 0.6 is 0 Å². The number of amides is 1. The number of carbonyl (C=O) groups excluding carboxylic acids is 2. The first-order valence-corrected chi connectivity index (χ1v) is 9.12. The third-order valence-corrected chi connectivity index (χ3v) is 5.27. The Balaban J connectivity index is 1.79. The fourth-order valence-corrected chi connectivity index (χ4v) is 3.80. The first-order valence-electron chi connectivity index (χ1n) is 9.12. The summed E-state index contributed by atoms with van der Waals surface area (Å²) in [4.78, 5) is 24.1. The van der Waals surface area contributed by atoms with Crippen LogP contribution in [0.5, 0.6) is 0 Å². The van der Waals surface area contributed by atoms with Crippen LogP contribution in [0.15, 0.2) is 12.2 Å². The second-order valence-corrected chi connectivity index (χ2v) is 7.05. The van der Waals surface area contributed by atoms with E-state index < -0.39 is 0 Å². The number of allylic oxidation sites excluding steroid dienone is 2. The maximum atomic E-state index is 12.5. The predicted octanol–water partition coefficient (Wildman–Crippen LogP) is 4.17. The molecule has 2 rings (SSSR count). The monoisotopic (exact) mass is 305 g/mol. The van der Waals surface area contributed by atoms with Crippen molar-refractivity contribution in [1.29, 1.82) is 0 Å². The Morgan fingerprint density at radius 2 is 1.45 bits per heavy atom. The topological polar surface area (TPSA) is 46.2 Å². The Hall–Kier alpha value is -1.12. The minimum atomic E-state index is 0.161. The van der Waals surface area contributed by atoms with Gasteiger partial charge >= 0.3 is 0 Å². The fourth-order valence-electron chi connectivity index (χ4n) is 3.80. The van der Waals surface area contributed by atoms with Gasteiger partial charge in [-0.05, 0) is 64.7 Å². The van der Waals surface area contributed by atoms with Crippen molar-refractivity contribution in [2.75, 3.05) is 0 Å². The molecule has 0 aromatic heterocycles. The highest BCUT2D eigenvalue weighted by molar-refractivity contribution is 5.79. The zero-order valence-electron chi connectivity index (χ0n) is 14.0. The van der Waals surface area contributed by atoms with E-state index in [1.54, 1.807) is 6.92 Å². The van der Waals surface area contributed by atoms with Gasteiger partial charge in [-0.25, -0.2) is 0 Å². The summed E-state index contributed by atoms with van der Waals surface area (Å²) in [5.74, 6) is 0.983. The van der Waals surface area contributed by atoms with Crippen molar-refractivity contribution in [2.45, 2.75) is 83.6 Å². The predicted molar refractivity (Wildman–Crippen MR) is 89.5 cm³/mol. The van der Waals surface area contributed by atoms with Crippen LogP contribution in [0.4, 0.5) is 0 Å². The van der Waals surface area contributed by atoms with Gasteiger partial charge in [0.1, 0.15) is 5.78 Å². The first-order chi connectivity index (χ1) is 10.7. The van der Waals surface area contributed by atoms with Gasteiger partial charge in [-0.15, -0.1) is 0 Å². The summed E-state index contributed by atoms with van der Waals surface area (Å²) in [6.07, 6.45) is 15.9. The molecule has 1 unspecified atom stereocenters. The molecule has 0 saturated heterocycles. The summed E-state index contributed by atoms with van der Waals surface area (Å²) >= 11 is 0. The Labute approximate surface area is 134 Å². The third-order valence-electron chi connectivity index (χ3n) is 5.27. The second-order valence-electron chi connectivity index (χ2n) is 7.05. The highest BCUT2D eigenvalue weighted by atomic mass is 16.2. The third kappa shape index (κ3) is 5.58. The highest BCUT2D eigenvalue weighted by Crippen LogP contribution is 2.27. The minimum Gasteiger partial charge on any atom is -0.353 e. The van der Waals surface area contributed by atoms with Gasteiger partial charge in [0.15, 0.2) is 0 Å². The molecule has 1 N–H and O–H groups in total. The van der Waals surface area contributed by atoms with E-state index in [1.807, 2.05) is 0 Å². The fraction of sp³-hybridized carbons (Fsp3) is 0.789. The average molecular weight is 305 g/mol. The van der Waals surface area contributed by atoms with Crippen molar-refractivity contribution in [2.24, 2.45) is 11.8 Å². The molecular formula is C19H31NO2. The average Bonchev–Trinajstić information content (AvgIpc) is 2.40. The lowest BCUT2D eigenvalue weighted by Gasteiger charge is -2.26. The van der Waals surface area contributed by atoms with E-state index in [9.17, 15) is 9.59 Å². The molecule has 1 fully saturated rings. The SMILES string of the molecule is CC(=O)C1CCCC(C(=O)NC2CC/C=C\CCC2)CCC1. The molecule has 0 aromatic rings. The molecule has 0 bridgehead atoms. The van der Waals surface area contributed by atoms with Gasteiger partial charge in [-0.1, -0.05) is 25.0 Å². The van der Waals surface area contributed by atoms with E-state index >= 15 is 0 Å². The Kier molecular flexibility index (Phi) is 7.14. The number of rotatable bonds is 3. The van der Waals surface area contributed by atoms with Crippen molar-refractivity contribution in [3.63, 3.8) is 0 Å². The molecule has 0 aromatic carbocycles. The summed E-state index contributed by atoms with van der Waals surface area (Å²) in [5, 5.41) is 3.30. The van der Waals surface area contributed by atoms with Gasteiger partial charge < -0.3 is 5.32 Å². The largest absolute Gasteiger partial charge is 0.353 e. The van der Waals surface area contributed by atoms with E-state index in [0.29, 0.717) is 11.8 Å². The zero-order chi connectivity index (χ0) is 15.8. The van der Waals surface area contributed by atoms with Gasteiger partial charge in [0.05, 0.1) is 0 Å². The van der Waals surface area contributed by atoms with Crippen molar-refractivity contribution in [3.8, 4) is 0 Å². The van der Waals surface area contributed by atoms with E-state index in [-0.39, 0.29) is 17.7 Å². The summed E-state index contributed by atoms with van der Waals surface area (Å²) in [6, 6.07) is 0.354. The molecule has 0 heterocycles. The highest BCUT2D eigenvalue weighted by Gasteiger charge is 2.25. The molecule has 1 amide bonds. The summed E-state index contributed by atoms with van der Waals surface area (Å²) < 4.78 is 0. The molecule has 3 nitrogen and oxygen atoms in total. The van der Waals surface area contributed by atoms with Crippen LogP contribution in [0.25, 0.3) is 0 Å². The Morgan fingerprint density at radius 3 is 2.14 bits per heavy atom. The molecule has 1 saturated carbocycles. The minimum absolute atomic E-state index is 0.161. The van der Waals surface area contributed by atoms with Gasteiger partial charge in [-0.2, -0.15) is 0 Å². The van der Waals surface area contributed by atoms with Crippen LogP contribution in [-0.2, 0) is 9.59 Å². The van der Waals surface area contributed by atoms with E-state index in [4.69, 9.17) is 0 Å². The van der Waals surface area contributed by atoms with Crippen molar-refractivity contribution >= 4 is 11.7 Å². The quantitative estimate of drug-likeness (QED) is 0.796. The van der Waals surface area contributed by atoms with Gasteiger partial charge in [0.25, 0.3) is 0 Å². The van der Waals surface area contributed by atoms with Crippen molar-refractivity contribution in [1.82, 2.24) is 5.32 Å². The number of hydrogen-bond acceptors (Lipinski definition) is 2. The second kappa shape index (κ2) is 9.12. The van der Waals surface area contributed by atoms with Crippen LogP contribution in [0.1, 0.15) is 77.6 Å². The first kappa shape index (κ1) is 17.2. The lowest BCUT2D eigenvalue weighted by atomic mass is 9.83. The van der Waals surface area contributed by atoms with Crippen LogP contribution in [0.2, 0.25) is 0 Å². The van der Waals surface area contributed by atoms with Gasteiger partial charge in [-0.3, -0.25) is 9.59 Å². The van der Waals surface area contributed by atoms with Crippen LogP contribution < -0.4 is 5.32 Å². The molecule has 2 aliphatic carbocycles. The smallest absolute Gasteiger partial charge is 0.223 e. The molecule has 22 heavy (non-hydrogen) atoms. The molecule has 0 radical (unpaired) electrons. The molecule has 124 valence electrons. The molecule has 0 aliphatic heterocycles. The Morgan fingerprint density at radius 1 is 0.818 bits per heavy atom. The van der Waals surface area contributed by atoms with Gasteiger partial charge in [0, 0.05) is 17.9 Å². The summed E-state index contributed by atoms with van der Waals surface area (Å²) in [7, 11) is 0. The standard InChI is InChI=1S/C19H31NO2/c1-15(21)16-9-7-11-17(12-8-10-16)19(22)20-18-13-5-3-2-4-6-14-18/h2-3,16-18H,4-14H2,1H3,(H,20,22)/b3-2-. The van der Waals surface area contributed by atoms with Crippen molar-refractivity contribution in [3.05, 3.63) is 12.2 Å². The molecule has 2 aliphatic rings. The Bertz CT molecular complexity index is 392. The summed E-state index contributed by atoms with van der Waals surface area (Å²) in [6.45, 7) is 1.71. The van der Waals surface area contributed by atoms with E-state index in [0.717, 1.165) is 64.2 Å². The van der Waals surface area contributed by atoms with Crippen LogP contribution in [-0.4, -0.2) is 17.7 Å².